The number of aromatic nitrogens is 1. The van der Waals surface area contributed by atoms with Gasteiger partial charge in [-0.3, -0.25) is 4.98 Å². The van der Waals surface area contributed by atoms with Crippen molar-refractivity contribution in [3.63, 3.8) is 0 Å². The topological polar surface area (TPSA) is 31.4 Å². The van der Waals surface area contributed by atoms with Crippen LogP contribution in [0.15, 0.2) is 22.8 Å². The van der Waals surface area contributed by atoms with Crippen LogP contribution < -0.4 is 9.47 Å². The molecule has 0 saturated carbocycles. The van der Waals surface area contributed by atoms with Crippen molar-refractivity contribution in [3.05, 3.63) is 27.8 Å². The number of nitrogens with zero attached hydrogens (tertiary/aromatic N) is 1. The van der Waals surface area contributed by atoms with Crippen molar-refractivity contribution in [3.8, 4) is 11.5 Å². The van der Waals surface area contributed by atoms with Crippen LogP contribution in [-0.4, -0.2) is 19.2 Å². The lowest BCUT2D eigenvalue weighted by molar-refractivity contribution is 0.356. The molecule has 1 aromatic carbocycles. The molecule has 0 spiro atoms. The SMILES string of the molecule is COc1cc2ncc(Cl)c(Br)c2cc1OC. The van der Waals surface area contributed by atoms with Crippen LogP contribution in [0.4, 0.5) is 0 Å². The van der Waals surface area contributed by atoms with Crippen LogP contribution in [0.3, 0.4) is 0 Å². The summed E-state index contributed by atoms with van der Waals surface area (Å²) in [7, 11) is 3.18. The molecule has 0 radical (unpaired) electrons. The summed E-state index contributed by atoms with van der Waals surface area (Å²) < 4.78 is 11.2. The van der Waals surface area contributed by atoms with Gasteiger partial charge < -0.3 is 9.47 Å². The van der Waals surface area contributed by atoms with Crippen molar-refractivity contribution in [1.29, 1.82) is 0 Å². The number of benzene rings is 1. The smallest absolute Gasteiger partial charge is 0.162 e. The van der Waals surface area contributed by atoms with E-state index in [1.54, 1.807) is 20.4 Å². The van der Waals surface area contributed by atoms with Crippen LogP contribution >= 0.6 is 27.5 Å². The van der Waals surface area contributed by atoms with Crippen molar-refractivity contribution in [1.82, 2.24) is 4.98 Å². The molecular formula is C11H9BrClNO2. The highest BCUT2D eigenvalue weighted by Gasteiger charge is 2.10. The van der Waals surface area contributed by atoms with Crippen LogP contribution in [0, 0.1) is 0 Å². The Hall–Kier alpha value is -1.00. The highest BCUT2D eigenvalue weighted by Crippen LogP contribution is 2.36. The number of hydrogen-bond acceptors (Lipinski definition) is 3. The third-order valence-corrected chi connectivity index (χ3v) is 3.63. The molecular weight excluding hydrogens is 293 g/mol. The minimum absolute atomic E-state index is 0.569. The molecule has 0 bridgehead atoms. The van der Waals surface area contributed by atoms with Gasteiger partial charge in [-0.05, 0) is 22.0 Å². The molecule has 0 aliphatic heterocycles. The van der Waals surface area contributed by atoms with Crippen molar-refractivity contribution in [2.75, 3.05) is 14.2 Å². The summed E-state index contributed by atoms with van der Waals surface area (Å²) in [5.41, 5.74) is 0.800. The molecule has 2 aromatic rings. The molecule has 5 heteroatoms. The second kappa shape index (κ2) is 4.47. The van der Waals surface area contributed by atoms with Gasteiger partial charge in [0, 0.05) is 22.1 Å². The second-order valence-electron chi connectivity index (χ2n) is 3.14. The number of hydrogen-bond donors (Lipinski definition) is 0. The Morgan fingerprint density at radius 3 is 2.44 bits per heavy atom. The number of pyridine rings is 1. The summed E-state index contributed by atoms with van der Waals surface area (Å²) >= 11 is 9.40. The molecule has 0 amide bonds. The number of methoxy groups -OCH3 is 2. The first kappa shape index (κ1) is 11.5. The van der Waals surface area contributed by atoms with E-state index in [4.69, 9.17) is 21.1 Å². The van der Waals surface area contributed by atoms with E-state index < -0.39 is 0 Å². The van der Waals surface area contributed by atoms with Gasteiger partial charge in [0.1, 0.15) is 0 Å². The third kappa shape index (κ3) is 1.83. The molecule has 0 unspecified atom stereocenters. The zero-order chi connectivity index (χ0) is 11.7. The van der Waals surface area contributed by atoms with Gasteiger partial charge in [0.25, 0.3) is 0 Å². The average Bonchev–Trinajstić information content (AvgIpc) is 2.32. The molecule has 0 aliphatic carbocycles. The van der Waals surface area contributed by atoms with Gasteiger partial charge in [0.2, 0.25) is 0 Å². The van der Waals surface area contributed by atoms with Crippen molar-refractivity contribution >= 4 is 38.4 Å². The molecule has 0 saturated heterocycles. The van der Waals surface area contributed by atoms with E-state index in [0.717, 1.165) is 15.4 Å². The van der Waals surface area contributed by atoms with E-state index in [9.17, 15) is 0 Å². The lowest BCUT2D eigenvalue weighted by atomic mass is 10.2. The van der Waals surface area contributed by atoms with Gasteiger partial charge in [-0.2, -0.15) is 0 Å². The number of ether oxygens (including phenoxy) is 2. The zero-order valence-corrected chi connectivity index (χ0v) is 11.1. The molecule has 1 heterocycles. The Morgan fingerprint density at radius 2 is 1.81 bits per heavy atom. The van der Waals surface area contributed by atoms with Gasteiger partial charge in [-0.1, -0.05) is 11.6 Å². The molecule has 0 fully saturated rings. The van der Waals surface area contributed by atoms with Crippen molar-refractivity contribution < 1.29 is 9.47 Å². The lowest BCUT2D eigenvalue weighted by Gasteiger charge is -2.09. The van der Waals surface area contributed by atoms with Gasteiger partial charge >= 0.3 is 0 Å². The summed E-state index contributed by atoms with van der Waals surface area (Å²) in [6, 6.07) is 3.66. The summed E-state index contributed by atoms with van der Waals surface area (Å²) in [5, 5.41) is 1.46. The predicted octanol–water partition coefficient (Wildman–Crippen LogP) is 3.67. The van der Waals surface area contributed by atoms with E-state index in [0.29, 0.717) is 16.5 Å². The summed E-state index contributed by atoms with van der Waals surface area (Å²) in [6.07, 6.45) is 1.60. The highest BCUT2D eigenvalue weighted by molar-refractivity contribution is 9.10. The minimum Gasteiger partial charge on any atom is -0.493 e. The first-order chi connectivity index (χ1) is 7.67. The van der Waals surface area contributed by atoms with E-state index in [1.807, 2.05) is 12.1 Å². The Labute approximate surface area is 106 Å². The molecule has 1 aromatic heterocycles. The van der Waals surface area contributed by atoms with Gasteiger partial charge in [-0.25, -0.2) is 0 Å². The molecule has 0 aliphatic rings. The Morgan fingerprint density at radius 1 is 1.19 bits per heavy atom. The molecule has 0 atom stereocenters. The molecule has 2 rings (SSSR count). The number of fused-ring (bicyclic) bond motifs is 1. The summed E-state index contributed by atoms with van der Waals surface area (Å²) in [5.74, 6) is 1.30. The third-order valence-electron chi connectivity index (χ3n) is 2.27. The maximum absolute atomic E-state index is 5.98. The fourth-order valence-corrected chi connectivity index (χ4v) is 2.03. The van der Waals surface area contributed by atoms with Gasteiger partial charge in [0.15, 0.2) is 11.5 Å². The number of rotatable bonds is 2. The molecule has 84 valence electrons. The normalized spacial score (nSPS) is 10.5. The fourth-order valence-electron chi connectivity index (χ4n) is 1.46. The van der Waals surface area contributed by atoms with Crippen LogP contribution in [-0.2, 0) is 0 Å². The largest absolute Gasteiger partial charge is 0.493 e. The summed E-state index contributed by atoms with van der Waals surface area (Å²) in [4.78, 5) is 4.23. The van der Waals surface area contributed by atoms with Crippen LogP contribution in [0.5, 0.6) is 11.5 Å². The Kier molecular flexibility index (Phi) is 3.21. The van der Waals surface area contributed by atoms with E-state index >= 15 is 0 Å². The van der Waals surface area contributed by atoms with E-state index in [2.05, 4.69) is 20.9 Å². The van der Waals surface area contributed by atoms with Crippen LogP contribution in [0.1, 0.15) is 0 Å². The first-order valence-corrected chi connectivity index (χ1v) is 5.70. The predicted molar refractivity (Wildman–Crippen MR) is 67.6 cm³/mol. The van der Waals surface area contributed by atoms with Crippen LogP contribution in [0.2, 0.25) is 5.02 Å². The highest BCUT2D eigenvalue weighted by atomic mass is 79.9. The first-order valence-electron chi connectivity index (χ1n) is 4.53. The van der Waals surface area contributed by atoms with Crippen LogP contribution in [0.25, 0.3) is 10.9 Å². The average molecular weight is 303 g/mol. The maximum atomic E-state index is 5.98. The van der Waals surface area contributed by atoms with E-state index in [1.165, 1.54) is 0 Å². The molecule has 16 heavy (non-hydrogen) atoms. The standard InChI is InChI=1S/C11H9BrClNO2/c1-15-9-3-6-8(4-10(9)16-2)14-5-7(13)11(6)12/h3-5H,1-2H3. The zero-order valence-electron chi connectivity index (χ0n) is 8.75. The van der Waals surface area contributed by atoms with Gasteiger partial charge in [0.05, 0.1) is 24.8 Å². The Balaban J connectivity index is 2.78. The maximum Gasteiger partial charge on any atom is 0.162 e. The second-order valence-corrected chi connectivity index (χ2v) is 4.34. The quantitative estimate of drug-likeness (QED) is 0.848. The molecule has 0 N–H and O–H groups in total. The van der Waals surface area contributed by atoms with E-state index in [-0.39, 0.29) is 0 Å². The summed E-state index contributed by atoms with van der Waals surface area (Å²) in [6.45, 7) is 0. The minimum atomic E-state index is 0.569. The monoisotopic (exact) mass is 301 g/mol. The Bertz CT molecular complexity index is 545. The van der Waals surface area contributed by atoms with Crippen molar-refractivity contribution in [2.24, 2.45) is 0 Å². The van der Waals surface area contributed by atoms with Crippen molar-refractivity contribution in [2.45, 2.75) is 0 Å². The lowest BCUT2D eigenvalue weighted by Crippen LogP contribution is -1.92. The fraction of sp³-hybridized carbons (Fsp3) is 0.182. The van der Waals surface area contributed by atoms with Gasteiger partial charge in [-0.15, -0.1) is 0 Å². The molecule has 3 nitrogen and oxygen atoms in total. The number of halogens is 2.